The summed E-state index contributed by atoms with van der Waals surface area (Å²) in [7, 11) is 0. The number of amides is 1. The van der Waals surface area contributed by atoms with Gasteiger partial charge in [0.05, 0.1) is 0 Å². The Kier molecular flexibility index (Phi) is 5.13. The number of carbonyl (C=O) groups is 1. The molecule has 0 bridgehead atoms. The summed E-state index contributed by atoms with van der Waals surface area (Å²) in [5.41, 5.74) is 2.03. The van der Waals surface area contributed by atoms with Crippen LogP contribution in [-0.2, 0) is 11.3 Å². The van der Waals surface area contributed by atoms with Crippen molar-refractivity contribution in [2.75, 3.05) is 19.7 Å². The SMILES string of the molecule is CCC1(CO)CCN(C(=O)Cn2nnc(-c3ccc(C)cc3)n2)CC1. The molecule has 0 saturated carbocycles. The van der Waals surface area contributed by atoms with Crippen molar-refractivity contribution in [3.8, 4) is 11.4 Å². The lowest BCUT2D eigenvalue weighted by Crippen LogP contribution is -2.45. The molecule has 134 valence electrons. The molecule has 2 heterocycles. The number of aromatic nitrogens is 4. The normalized spacial score (nSPS) is 16.8. The lowest BCUT2D eigenvalue weighted by Gasteiger charge is -2.40. The average Bonchev–Trinajstić information content (AvgIpc) is 3.10. The maximum Gasteiger partial charge on any atom is 0.246 e. The number of aliphatic hydroxyl groups excluding tert-OH is 1. The molecule has 1 aromatic heterocycles. The summed E-state index contributed by atoms with van der Waals surface area (Å²) in [4.78, 5) is 15.7. The molecule has 1 aromatic carbocycles. The van der Waals surface area contributed by atoms with Crippen LogP contribution >= 0.6 is 0 Å². The minimum absolute atomic E-state index is 0.00417. The minimum atomic E-state index is -0.0269. The van der Waals surface area contributed by atoms with Crippen LogP contribution in [0, 0.1) is 12.3 Å². The quantitative estimate of drug-likeness (QED) is 0.892. The summed E-state index contributed by atoms with van der Waals surface area (Å²) in [5, 5.41) is 21.9. The van der Waals surface area contributed by atoms with Crippen LogP contribution in [0.3, 0.4) is 0 Å². The fraction of sp³-hybridized carbons (Fsp3) is 0.556. The predicted octanol–water partition coefficient (Wildman–Crippen LogP) is 1.66. The summed E-state index contributed by atoms with van der Waals surface area (Å²) in [5.74, 6) is 0.521. The molecule has 0 spiro atoms. The molecule has 1 fully saturated rings. The zero-order chi connectivity index (χ0) is 17.9. The second-order valence-corrected chi connectivity index (χ2v) is 6.90. The van der Waals surface area contributed by atoms with E-state index in [1.54, 1.807) is 0 Å². The van der Waals surface area contributed by atoms with Gasteiger partial charge in [0.15, 0.2) is 0 Å². The first kappa shape index (κ1) is 17.5. The predicted molar refractivity (Wildman–Crippen MR) is 93.6 cm³/mol. The molecule has 0 unspecified atom stereocenters. The number of aliphatic hydroxyl groups is 1. The number of hydrogen-bond donors (Lipinski definition) is 1. The molecular weight excluding hydrogens is 318 g/mol. The van der Waals surface area contributed by atoms with Gasteiger partial charge in [0.2, 0.25) is 11.7 Å². The van der Waals surface area contributed by atoms with Crippen LogP contribution in [-0.4, -0.2) is 55.8 Å². The molecule has 3 rings (SSSR count). The van der Waals surface area contributed by atoms with Gasteiger partial charge in [-0.3, -0.25) is 4.79 Å². The average molecular weight is 343 g/mol. The fourth-order valence-corrected chi connectivity index (χ4v) is 3.20. The van der Waals surface area contributed by atoms with E-state index in [1.807, 2.05) is 36.1 Å². The van der Waals surface area contributed by atoms with Crippen molar-refractivity contribution in [1.29, 1.82) is 0 Å². The van der Waals surface area contributed by atoms with Gasteiger partial charge in [-0.2, -0.15) is 4.80 Å². The van der Waals surface area contributed by atoms with Crippen LogP contribution < -0.4 is 0 Å². The summed E-state index contributed by atoms with van der Waals surface area (Å²) in [6.45, 7) is 5.75. The Bertz CT molecular complexity index is 711. The topological polar surface area (TPSA) is 84.1 Å². The fourth-order valence-electron chi connectivity index (χ4n) is 3.20. The molecule has 1 saturated heterocycles. The van der Waals surface area contributed by atoms with E-state index in [4.69, 9.17) is 0 Å². The second kappa shape index (κ2) is 7.31. The van der Waals surface area contributed by atoms with E-state index in [0.29, 0.717) is 18.9 Å². The number of tetrazole rings is 1. The van der Waals surface area contributed by atoms with Crippen molar-refractivity contribution in [2.24, 2.45) is 5.41 Å². The van der Waals surface area contributed by atoms with Gasteiger partial charge in [-0.15, -0.1) is 10.2 Å². The number of hydrogen-bond acceptors (Lipinski definition) is 5. The molecular formula is C18H25N5O2. The van der Waals surface area contributed by atoms with Crippen LogP contribution in [0.1, 0.15) is 31.7 Å². The van der Waals surface area contributed by atoms with Crippen LogP contribution in [0.25, 0.3) is 11.4 Å². The van der Waals surface area contributed by atoms with Crippen molar-refractivity contribution >= 4 is 5.91 Å². The first-order chi connectivity index (χ1) is 12.0. The number of nitrogens with zero attached hydrogens (tertiary/aromatic N) is 5. The second-order valence-electron chi connectivity index (χ2n) is 6.90. The summed E-state index contributed by atoms with van der Waals surface area (Å²) in [6, 6.07) is 7.89. The van der Waals surface area contributed by atoms with E-state index < -0.39 is 0 Å². The largest absolute Gasteiger partial charge is 0.396 e. The Morgan fingerprint density at radius 1 is 1.24 bits per heavy atom. The minimum Gasteiger partial charge on any atom is -0.396 e. The smallest absolute Gasteiger partial charge is 0.246 e. The maximum absolute atomic E-state index is 12.5. The van der Waals surface area contributed by atoms with Crippen LogP contribution in [0.4, 0.5) is 0 Å². The molecule has 0 radical (unpaired) electrons. The van der Waals surface area contributed by atoms with E-state index >= 15 is 0 Å². The van der Waals surface area contributed by atoms with E-state index in [9.17, 15) is 9.90 Å². The van der Waals surface area contributed by atoms with Gasteiger partial charge in [0.25, 0.3) is 0 Å². The van der Waals surface area contributed by atoms with Gasteiger partial charge >= 0.3 is 0 Å². The molecule has 1 N–H and O–H groups in total. The van der Waals surface area contributed by atoms with Crippen molar-refractivity contribution in [1.82, 2.24) is 25.1 Å². The highest BCUT2D eigenvalue weighted by atomic mass is 16.3. The van der Waals surface area contributed by atoms with Crippen molar-refractivity contribution in [2.45, 2.75) is 39.7 Å². The highest BCUT2D eigenvalue weighted by molar-refractivity contribution is 5.75. The van der Waals surface area contributed by atoms with Crippen LogP contribution in [0.5, 0.6) is 0 Å². The zero-order valence-corrected chi connectivity index (χ0v) is 14.9. The molecule has 1 aliphatic heterocycles. The number of aryl methyl sites for hydroxylation is 1. The zero-order valence-electron chi connectivity index (χ0n) is 14.9. The summed E-state index contributed by atoms with van der Waals surface area (Å²) < 4.78 is 0. The first-order valence-electron chi connectivity index (χ1n) is 8.79. The lowest BCUT2D eigenvalue weighted by molar-refractivity contribution is -0.135. The number of rotatable bonds is 5. The van der Waals surface area contributed by atoms with E-state index in [0.717, 1.165) is 24.8 Å². The van der Waals surface area contributed by atoms with Gasteiger partial charge < -0.3 is 10.0 Å². The van der Waals surface area contributed by atoms with Gasteiger partial charge in [0, 0.05) is 25.3 Å². The third-order valence-electron chi connectivity index (χ3n) is 5.30. The van der Waals surface area contributed by atoms with Gasteiger partial charge in [-0.1, -0.05) is 36.8 Å². The van der Waals surface area contributed by atoms with E-state index in [-0.39, 0.29) is 24.5 Å². The molecule has 0 aliphatic carbocycles. The highest BCUT2D eigenvalue weighted by Gasteiger charge is 2.33. The third-order valence-corrected chi connectivity index (χ3v) is 5.30. The molecule has 7 heteroatoms. The van der Waals surface area contributed by atoms with Crippen molar-refractivity contribution in [3.05, 3.63) is 29.8 Å². The Morgan fingerprint density at radius 3 is 2.52 bits per heavy atom. The van der Waals surface area contributed by atoms with E-state index in [1.165, 1.54) is 10.4 Å². The van der Waals surface area contributed by atoms with Gasteiger partial charge in [0.1, 0.15) is 6.54 Å². The van der Waals surface area contributed by atoms with Crippen molar-refractivity contribution in [3.63, 3.8) is 0 Å². The third kappa shape index (κ3) is 3.87. The number of piperidine rings is 1. The summed E-state index contributed by atoms with van der Waals surface area (Å²) in [6.07, 6.45) is 2.62. The molecule has 2 aromatic rings. The molecule has 1 amide bonds. The van der Waals surface area contributed by atoms with Crippen LogP contribution in [0.15, 0.2) is 24.3 Å². The van der Waals surface area contributed by atoms with Crippen LogP contribution in [0.2, 0.25) is 0 Å². The molecule has 25 heavy (non-hydrogen) atoms. The summed E-state index contributed by atoms with van der Waals surface area (Å²) >= 11 is 0. The Morgan fingerprint density at radius 2 is 1.92 bits per heavy atom. The Hall–Kier alpha value is -2.28. The first-order valence-corrected chi connectivity index (χ1v) is 8.79. The van der Waals surface area contributed by atoms with Crippen molar-refractivity contribution < 1.29 is 9.90 Å². The molecule has 1 aliphatic rings. The Balaban J connectivity index is 1.60. The Labute approximate surface area is 147 Å². The number of likely N-dealkylation sites (tertiary alicyclic amines) is 1. The highest BCUT2D eigenvalue weighted by Crippen LogP contribution is 2.34. The standard InChI is InChI=1S/C18H25N5O2/c1-3-18(13-24)8-10-22(11-9-18)16(25)12-23-20-17(19-21-23)15-6-4-14(2)5-7-15/h4-7,24H,3,8-13H2,1-2H3. The monoisotopic (exact) mass is 343 g/mol. The van der Waals surface area contributed by atoms with Gasteiger partial charge in [-0.25, -0.2) is 0 Å². The van der Waals surface area contributed by atoms with Gasteiger partial charge in [-0.05, 0) is 36.8 Å². The number of carbonyl (C=O) groups excluding carboxylic acids is 1. The molecule has 0 atom stereocenters. The van der Waals surface area contributed by atoms with E-state index in [2.05, 4.69) is 22.3 Å². The molecule has 7 nitrogen and oxygen atoms in total. The maximum atomic E-state index is 12.5. The lowest BCUT2D eigenvalue weighted by atomic mass is 9.77. The number of benzene rings is 1.